The third-order valence-electron chi connectivity index (χ3n) is 3.72. The highest BCUT2D eigenvalue weighted by atomic mass is 19.4. The standard InChI is InChI=1S/C19H18F3N3O4.CH4/c1-11(16(26)28-10-19(20,21)22)12-4-8-15(9-5-12)29-17(27)13-2-6-14(7-3-13)25-18(23)24;/h2-9,11H,10H2,1H3,(H4,23,24,25);1H4/t11-;/m0./s1. The lowest BCUT2D eigenvalue weighted by molar-refractivity contribution is -0.187. The van der Waals surface area contributed by atoms with E-state index in [-0.39, 0.29) is 24.7 Å². The smallest absolute Gasteiger partial charge is 0.422 e. The Morgan fingerprint density at radius 2 is 1.67 bits per heavy atom. The Labute approximate surface area is 171 Å². The second kappa shape index (κ2) is 10.3. The van der Waals surface area contributed by atoms with Gasteiger partial charge in [-0.2, -0.15) is 13.2 Å². The highest BCUT2D eigenvalue weighted by Gasteiger charge is 2.30. The fraction of sp³-hybridized carbons (Fsp3) is 0.250. The summed E-state index contributed by atoms with van der Waals surface area (Å²) in [6.45, 7) is -0.233. The molecule has 2 rings (SSSR count). The molecule has 0 fully saturated rings. The van der Waals surface area contributed by atoms with Crippen molar-refractivity contribution >= 4 is 23.6 Å². The van der Waals surface area contributed by atoms with E-state index >= 15 is 0 Å². The maximum Gasteiger partial charge on any atom is 0.422 e. The topological polar surface area (TPSA) is 114 Å². The number of guanidine groups is 1. The third kappa shape index (κ3) is 7.46. The number of alkyl halides is 3. The van der Waals surface area contributed by atoms with E-state index in [4.69, 9.17) is 15.9 Å². The summed E-state index contributed by atoms with van der Waals surface area (Å²) in [7, 11) is 0. The quantitative estimate of drug-likeness (QED) is 0.278. The number of nitrogens with one attached hydrogen (secondary N) is 2. The summed E-state index contributed by atoms with van der Waals surface area (Å²) in [6, 6.07) is 11.8. The van der Waals surface area contributed by atoms with Gasteiger partial charge in [-0.15, -0.1) is 0 Å². The van der Waals surface area contributed by atoms with Gasteiger partial charge in [-0.3, -0.25) is 10.2 Å². The first-order valence-corrected chi connectivity index (χ1v) is 8.32. The van der Waals surface area contributed by atoms with E-state index in [2.05, 4.69) is 10.1 Å². The minimum absolute atomic E-state index is 0. The van der Waals surface area contributed by atoms with E-state index in [9.17, 15) is 22.8 Å². The van der Waals surface area contributed by atoms with Gasteiger partial charge in [0.2, 0.25) is 0 Å². The molecule has 0 spiro atoms. The predicted molar refractivity (Wildman–Crippen MR) is 106 cm³/mol. The van der Waals surface area contributed by atoms with E-state index in [1.54, 1.807) is 12.1 Å². The van der Waals surface area contributed by atoms with E-state index in [0.717, 1.165) is 0 Å². The SMILES string of the molecule is C.C[C@H](C(=O)OCC(F)(F)F)c1ccc(OC(=O)c2ccc(NC(=N)N)cc2)cc1. The molecule has 162 valence electrons. The molecule has 4 N–H and O–H groups in total. The molecule has 2 aromatic rings. The molecule has 0 unspecified atom stereocenters. The molecular weight excluding hydrogens is 403 g/mol. The van der Waals surface area contributed by atoms with E-state index in [0.29, 0.717) is 11.3 Å². The number of anilines is 1. The highest BCUT2D eigenvalue weighted by Crippen LogP contribution is 2.23. The highest BCUT2D eigenvalue weighted by molar-refractivity contribution is 5.93. The molecule has 30 heavy (non-hydrogen) atoms. The average molecular weight is 425 g/mol. The van der Waals surface area contributed by atoms with Crippen LogP contribution in [-0.2, 0) is 9.53 Å². The van der Waals surface area contributed by atoms with E-state index in [1.165, 1.54) is 43.3 Å². The summed E-state index contributed by atoms with van der Waals surface area (Å²) in [5, 5.41) is 9.71. The summed E-state index contributed by atoms with van der Waals surface area (Å²) >= 11 is 0. The lowest BCUT2D eigenvalue weighted by Gasteiger charge is -2.13. The van der Waals surface area contributed by atoms with Crippen molar-refractivity contribution in [2.45, 2.75) is 26.4 Å². The van der Waals surface area contributed by atoms with E-state index < -0.39 is 30.6 Å². The van der Waals surface area contributed by atoms with Crippen molar-refractivity contribution in [2.24, 2.45) is 5.73 Å². The Kier molecular flexibility index (Phi) is 8.39. The summed E-state index contributed by atoms with van der Waals surface area (Å²) in [5.41, 5.74) is 6.42. The molecule has 0 saturated carbocycles. The van der Waals surface area contributed by atoms with Crippen LogP contribution in [0.5, 0.6) is 5.75 Å². The van der Waals surface area contributed by atoms with Gasteiger partial charge in [0.15, 0.2) is 12.6 Å². The third-order valence-corrected chi connectivity index (χ3v) is 3.72. The fourth-order valence-corrected chi connectivity index (χ4v) is 2.25. The average Bonchev–Trinajstić information content (AvgIpc) is 2.65. The zero-order chi connectivity index (χ0) is 21.6. The minimum Gasteiger partial charge on any atom is -0.456 e. The Morgan fingerprint density at radius 1 is 1.10 bits per heavy atom. The van der Waals surface area contributed by atoms with Gasteiger partial charge in [0.05, 0.1) is 11.5 Å². The van der Waals surface area contributed by atoms with Gasteiger partial charge in [0, 0.05) is 5.69 Å². The first-order chi connectivity index (χ1) is 13.5. The van der Waals surface area contributed by atoms with Crippen molar-refractivity contribution in [3.05, 3.63) is 59.7 Å². The van der Waals surface area contributed by atoms with Crippen molar-refractivity contribution in [1.82, 2.24) is 0 Å². The number of carbonyl (C=O) groups excluding carboxylic acids is 2. The van der Waals surface area contributed by atoms with Crippen LogP contribution >= 0.6 is 0 Å². The number of hydrogen-bond donors (Lipinski definition) is 3. The first kappa shape index (κ1) is 24.5. The molecular formula is C20H22F3N3O4. The van der Waals surface area contributed by atoms with Crippen LogP contribution in [0.15, 0.2) is 48.5 Å². The summed E-state index contributed by atoms with van der Waals surface area (Å²) in [5.74, 6) is -2.60. The molecule has 0 amide bonds. The number of halogens is 3. The molecule has 0 saturated heterocycles. The Hall–Kier alpha value is -3.56. The van der Waals surface area contributed by atoms with Gasteiger partial charge in [0.1, 0.15) is 5.75 Å². The van der Waals surface area contributed by atoms with Crippen LogP contribution in [0.4, 0.5) is 18.9 Å². The van der Waals surface area contributed by atoms with Gasteiger partial charge < -0.3 is 20.5 Å². The van der Waals surface area contributed by atoms with E-state index in [1.807, 2.05) is 0 Å². The van der Waals surface area contributed by atoms with Crippen molar-refractivity contribution in [2.75, 3.05) is 11.9 Å². The van der Waals surface area contributed by atoms with Crippen LogP contribution in [0.25, 0.3) is 0 Å². The number of carbonyl (C=O) groups is 2. The fourth-order valence-electron chi connectivity index (χ4n) is 2.25. The molecule has 0 bridgehead atoms. The van der Waals surface area contributed by atoms with Gasteiger partial charge in [-0.05, 0) is 48.9 Å². The zero-order valence-electron chi connectivity index (χ0n) is 15.2. The second-order valence-electron chi connectivity index (χ2n) is 6.02. The van der Waals surface area contributed by atoms with Crippen molar-refractivity contribution in [1.29, 1.82) is 5.41 Å². The molecule has 1 atom stereocenters. The zero-order valence-corrected chi connectivity index (χ0v) is 15.2. The molecule has 0 aromatic heterocycles. The minimum atomic E-state index is -4.59. The molecule has 7 nitrogen and oxygen atoms in total. The lowest BCUT2D eigenvalue weighted by Crippen LogP contribution is -2.23. The first-order valence-electron chi connectivity index (χ1n) is 8.32. The Balaban J connectivity index is 0.00000450. The van der Waals surface area contributed by atoms with Crippen LogP contribution < -0.4 is 15.8 Å². The van der Waals surface area contributed by atoms with Crippen LogP contribution in [0.2, 0.25) is 0 Å². The molecule has 0 radical (unpaired) electrons. The van der Waals surface area contributed by atoms with Gasteiger partial charge in [-0.25, -0.2) is 4.79 Å². The number of rotatable bonds is 6. The normalized spacial score (nSPS) is 11.6. The molecule has 0 heterocycles. The number of benzene rings is 2. The molecule has 2 aromatic carbocycles. The monoisotopic (exact) mass is 425 g/mol. The van der Waals surface area contributed by atoms with Crippen molar-refractivity contribution in [3.63, 3.8) is 0 Å². The molecule has 0 aliphatic rings. The largest absolute Gasteiger partial charge is 0.456 e. The molecule has 10 heteroatoms. The molecule has 0 aliphatic carbocycles. The molecule has 0 aliphatic heterocycles. The summed E-state index contributed by atoms with van der Waals surface area (Å²) < 4.78 is 45.8. The maximum atomic E-state index is 12.2. The number of ether oxygens (including phenoxy) is 2. The Morgan fingerprint density at radius 3 is 2.17 bits per heavy atom. The number of esters is 2. The van der Waals surface area contributed by atoms with Crippen LogP contribution in [-0.4, -0.2) is 30.7 Å². The maximum absolute atomic E-state index is 12.2. The lowest BCUT2D eigenvalue weighted by atomic mass is 10.0. The van der Waals surface area contributed by atoms with Gasteiger partial charge in [-0.1, -0.05) is 19.6 Å². The summed E-state index contributed by atoms with van der Waals surface area (Å²) in [4.78, 5) is 23.9. The van der Waals surface area contributed by atoms with Gasteiger partial charge in [0.25, 0.3) is 0 Å². The van der Waals surface area contributed by atoms with Crippen molar-refractivity contribution in [3.8, 4) is 5.75 Å². The van der Waals surface area contributed by atoms with Crippen molar-refractivity contribution < 1.29 is 32.2 Å². The predicted octanol–water partition coefficient (Wildman–Crippen LogP) is 4.06. The van der Waals surface area contributed by atoms with Crippen LogP contribution in [0.3, 0.4) is 0 Å². The number of nitrogens with two attached hydrogens (primary N) is 1. The van der Waals surface area contributed by atoms with Crippen LogP contribution in [0, 0.1) is 5.41 Å². The Bertz CT molecular complexity index is 882. The van der Waals surface area contributed by atoms with Crippen LogP contribution in [0.1, 0.15) is 36.2 Å². The summed E-state index contributed by atoms with van der Waals surface area (Å²) in [6.07, 6.45) is -4.59. The number of hydrogen-bond acceptors (Lipinski definition) is 5. The second-order valence-corrected chi connectivity index (χ2v) is 6.02. The van der Waals surface area contributed by atoms with Gasteiger partial charge >= 0.3 is 18.1 Å².